The Kier molecular flexibility index (Phi) is 4.90. The van der Waals surface area contributed by atoms with E-state index in [-0.39, 0.29) is 12.5 Å². The zero-order valence-corrected chi connectivity index (χ0v) is 15.4. The third kappa shape index (κ3) is 3.91. The summed E-state index contributed by atoms with van der Waals surface area (Å²) in [6, 6.07) is 13.2. The lowest BCUT2D eigenvalue weighted by atomic mass is 10.1. The first-order valence-electron chi connectivity index (χ1n) is 7.75. The largest absolute Gasteiger partial charge is 0.451 e. The van der Waals surface area contributed by atoms with Gasteiger partial charge in [-0.3, -0.25) is 4.79 Å². The first-order valence-corrected chi connectivity index (χ1v) is 8.55. The summed E-state index contributed by atoms with van der Waals surface area (Å²) in [6.07, 6.45) is 0. The van der Waals surface area contributed by atoms with Crippen LogP contribution in [0.3, 0.4) is 0 Å². The number of nitrogens with one attached hydrogen (secondary N) is 2. The molecule has 1 heterocycles. The molecule has 0 fully saturated rings. The molecular formula is C19H17BrN2O3. The molecule has 1 amide bonds. The van der Waals surface area contributed by atoms with Gasteiger partial charge >= 0.3 is 5.97 Å². The molecule has 0 bridgehead atoms. The standard InChI is InChI=1S/C19H17BrN2O3/c1-11-7-12(2)9-13(8-11)21-16(23)10-25-19(24)18-17(20)14-5-3-4-6-15(14)22-18/h3-9,22H,10H2,1-2H3,(H,21,23). The fraction of sp³-hybridized carbons (Fsp3) is 0.158. The smallest absolute Gasteiger partial charge is 0.356 e. The Labute approximate surface area is 153 Å². The molecule has 0 aliphatic carbocycles. The van der Waals surface area contributed by atoms with Gasteiger partial charge in [0.2, 0.25) is 0 Å². The molecule has 5 nitrogen and oxygen atoms in total. The Balaban J connectivity index is 1.65. The molecular weight excluding hydrogens is 384 g/mol. The average Bonchev–Trinajstić information content (AvgIpc) is 2.89. The van der Waals surface area contributed by atoms with E-state index in [9.17, 15) is 9.59 Å². The quantitative estimate of drug-likeness (QED) is 0.639. The molecule has 3 aromatic rings. The van der Waals surface area contributed by atoms with Gasteiger partial charge < -0.3 is 15.0 Å². The van der Waals surface area contributed by atoms with Crippen LogP contribution >= 0.6 is 15.9 Å². The Morgan fingerprint density at radius 1 is 1.12 bits per heavy atom. The van der Waals surface area contributed by atoms with E-state index in [2.05, 4.69) is 26.2 Å². The molecule has 0 aliphatic rings. The Hall–Kier alpha value is -2.60. The number of fused-ring (bicyclic) bond motifs is 1. The van der Waals surface area contributed by atoms with Crippen molar-refractivity contribution in [2.45, 2.75) is 13.8 Å². The molecule has 6 heteroatoms. The maximum absolute atomic E-state index is 12.2. The van der Waals surface area contributed by atoms with E-state index >= 15 is 0 Å². The molecule has 0 aliphatic heterocycles. The number of ether oxygens (including phenoxy) is 1. The molecule has 1 aromatic heterocycles. The minimum absolute atomic E-state index is 0.292. The second-order valence-corrected chi connectivity index (χ2v) is 6.65. The minimum Gasteiger partial charge on any atom is -0.451 e. The Morgan fingerprint density at radius 2 is 1.80 bits per heavy atom. The van der Waals surface area contributed by atoms with Crippen LogP contribution in [-0.4, -0.2) is 23.5 Å². The maximum Gasteiger partial charge on any atom is 0.356 e. The van der Waals surface area contributed by atoms with Crippen molar-refractivity contribution in [1.29, 1.82) is 0 Å². The predicted molar refractivity (Wildman–Crippen MR) is 101 cm³/mol. The van der Waals surface area contributed by atoms with Crippen molar-refractivity contribution in [2.24, 2.45) is 0 Å². The van der Waals surface area contributed by atoms with Crippen LogP contribution in [0.5, 0.6) is 0 Å². The number of benzene rings is 2. The molecule has 128 valence electrons. The van der Waals surface area contributed by atoms with Crippen LogP contribution < -0.4 is 5.32 Å². The number of anilines is 1. The second-order valence-electron chi connectivity index (χ2n) is 5.86. The lowest BCUT2D eigenvalue weighted by Gasteiger charge is -2.08. The molecule has 0 radical (unpaired) electrons. The van der Waals surface area contributed by atoms with Gasteiger partial charge in [-0.25, -0.2) is 4.79 Å². The average molecular weight is 401 g/mol. The van der Waals surface area contributed by atoms with Crippen LogP contribution in [0.1, 0.15) is 21.6 Å². The molecule has 2 N–H and O–H groups in total. The van der Waals surface area contributed by atoms with Gasteiger partial charge in [0.05, 0.1) is 4.47 Å². The molecule has 0 unspecified atom stereocenters. The van der Waals surface area contributed by atoms with Crippen molar-refractivity contribution >= 4 is 44.4 Å². The van der Waals surface area contributed by atoms with Crippen molar-refractivity contribution in [2.75, 3.05) is 11.9 Å². The SMILES string of the molecule is Cc1cc(C)cc(NC(=O)COC(=O)c2[nH]c3ccccc3c2Br)c1. The van der Waals surface area contributed by atoms with Crippen molar-refractivity contribution in [3.63, 3.8) is 0 Å². The highest BCUT2D eigenvalue weighted by atomic mass is 79.9. The molecule has 2 aromatic carbocycles. The first-order chi connectivity index (χ1) is 11.9. The van der Waals surface area contributed by atoms with Gasteiger partial charge in [-0.2, -0.15) is 0 Å². The van der Waals surface area contributed by atoms with E-state index in [0.29, 0.717) is 15.9 Å². The fourth-order valence-electron chi connectivity index (χ4n) is 2.70. The number of aryl methyl sites for hydroxylation is 2. The fourth-order valence-corrected chi connectivity index (χ4v) is 3.30. The predicted octanol–water partition coefficient (Wildman–Crippen LogP) is 4.34. The van der Waals surface area contributed by atoms with Crippen molar-refractivity contribution in [3.8, 4) is 0 Å². The van der Waals surface area contributed by atoms with Gasteiger partial charge in [0.15, 0.2) is 6.61 Å². The van der Waals surface area contributed by atoms with Gasteiger partial charge in [-0.1, -0.05) is 24.3 Å². The van der Waals surface area contributed by atoms with Crippen LogP contribution in [0, 0.1) is 13.8 Å². The van der Waals surface area contributed by atoms with Crippen LogP contribution in [0.15, 0.2) is 46.9 Å². The zero-order chi connectivity index (χ0) is 18.0. The summed E-state index contributed by atoms with van der Waals surface area (Å²) in [6.45, 7) is 3.56. The summed E-state index contributed by atoms with van der Waals surface area (Å²) in [4.78, 5) is 27.3. The topological polar surface area (TPSA) is 71.2 Å². The third-order valence-corrected chi connectivity index (χ3v) is 4.51. The van der Waals surface area contributed by atoms with Gasteiger partial charge in [0, 0.05) is 16.6 Å². The minimum atomic E-state index is -0.585. The summed E-state index contributed by atoms with van der Waals surface area (Å²) < 4.78 is 5.75. The number of hydrogen-bond acceptors (Lipinski definition) is 3. The number of rotatable bonds is 4. The molecule has 0 saturated heterocycles. The lowest BCUT2D eigenvalue weighted by molar-refractivity contribution is -0.119. The summed E-state index contributed by atoms with van der Waals surface area (Å²) in [5.74, 6) is -0.968. The molecule has 0 saturated carbocycles. The summed E-state index contributed by atoms with van der Waals surface area (Å²) >= 11 is 3.40. The van der Waals surface area contributed by atoms with Crippen molar-refractivity contribution in [1.82, 2.24) is 4.98 Å². The summed E-state index contributed by atoms with van der Waals surface area (Å²) in [5.41, 5.74) is 3.90. The van der Waals surface area contributed by atoms with Crippen molar-refractivity contribution in [3.05, 3.63) is 63.8 Å². The normalized spacial score (nSPS) is 10.7. The number of carbonyl (C=O) groups is 2. The van der Waals surface area contributed by atoms with Crippen molar-refractivity contribution < 1.29 is 14.3 Å². The maximum atomic E-state index is 12.2. The van der Waals surface area contributed by atoms with E-state index in [0.717, 1.165) is 22.0 Å². The van der Waals surface area contributed by atoms with E-state index in [1.807, 2.05) is 56.3 Å². The number of aromatic nitrogens is 1. The number of H-pyrrole nitrogens is 1. The summed E-state index contributed by atoms with van der Waals surface area (Å²) in [5, 5.41) is 3.62. The van der Waals surface area contributed by atoms with Crippen LogP contribution in [-0.2, 0) is 9.53 Å². The lowest BCUT2D eigenvalue weighted by Crippen LogP contribution is -2.21. The van der Waals surface area contributed by atoms with Crippen LogP contribution in [0.4, 0.5) is 5.69 Å². The van der Waals surface area contributed by atoms with Gasteiger partial charge in [0.25, 0.3) is 5.91 Å². The Morgan fingerprint density at radius 3 is 2.48 bits per heavy atom. The first kappa shape index (κ1) is 17.2. The van der Waals surface area contributed by atoms with Gasteiger partial charge in [-0.05, 0) is 59.1 Å². The number of carbonyl (C=O) groups excluding carboxylic acids is 2. The van der Waals surface area contributed by atoms with E-state index in [1.54, 1.807) is 0 Å². The monoisotopic (exact) mass is 400 g/mol. The number of para-hydroxylation sites is 1. The second kappa shape index (κ2) is 7.11. The van der Waals surface area contributed by atoms with Gasteiger partial charge in [-0.15, -0.1) is 0 Å². The third-order valence-electron chi connectivity index (χ3n) is 3.69. The van der Waals surface area contributed by atoms with E-state index in [4.69, 9.17) is 4.74 Å². The molecule has 3 rings (SSSR count). The number of amides is 1. The number of aromatic amines is 1. The highest BCUT2D eigenvalue weighted by molar-refractivity contribution is 9.10. The number of hydrogen-bond donors (Lipinski definition) is 2. The van der Waals surface area contributed by atoms with Crippen LogP contribution in [0.2, 0.25) is 0 Å². The highest BCUT2D eigenvalue weighted by Crippen LogP contribution is 2.28. The molecule has 0 atom stereocenters. The van der Waals surface area contributed by atoms with Gasteiger partial charge in [0.1, 0.15) is 5.69 Å². The molecule has 25 heavy (non-hydrogen) atoms. The van der Waals surface area contributed by atoms with E-state index in [1.165, 1.54) is 0 Å². The molecule has 0 spiro atoms. The van der Waals surface area contributed by atoms with Crippen LogP contribution in [0.25, 0.3) is 10.9 Å². The number of halogens is 1. The van der Waals surface area contributed by atoms with E-state index < -0.39 is 5.97 Å². The number of esters is 1. The zero-order valence-electron chi connectivity index (χ0n) is 13.9. The highest BCUT2D eigenvalue weighted by Gasteiger charge is 2.18. The summed E-state index contributed by atoms with van der Waals surface area (Å²) in [7, 11) is 0. The Bertz CT molecular complexity index is 942.